The predicted octanol–water partition coefficient (Wildman–Crippen LogP) is 2.03. The molecule has 12 heavy (non-hydrogen) atoms. The van der Waals surface area contributed by atoms with Crippen molar-refractivity contribution >= 4 is 5.91 Å². The summed E-state index contributed by atoms with van der Waals surface area (Å²) in [5.41, 5.74) is 0. The number of carbonyl (C=O) groups excluding carboxylic acids is 1. The van der Waals surface area contributed by atoms with E-state index in [4.69, 9.17) is 0 Å². The van der Waals surface area contributed by atoms with E-state index in [0.717, 1.165) is 6.42 Å². The highest BCUT2D eigenvalue weighted by molar-refractivity contribution is 5.87. The van der Waals surface area contributed by atoms with Crippen LogP contribution in [-0.2, 0) is 4.79 Å². The quantitative estimate of drug-likeness (QED) is 0.504. The zero-order valence-corrected chi connectivity index (χ0v) is 8.00. The normalized spacial score (nSPS) is 13.9. The summed E-state index contributed by atoms with van der Waals surface area (Å²) in [6.45, 7) is 5.94. The molecule has 0 aromatic carbocycles. The Morgan fingerprint density at radius 3 is 2.67 bits per heavy atom. The van der Waals surface area contributed by atoms with Crippen LogP contribution in [0, 0.1) is 0 Å². The first-order chi connectivity index (χ1) is 5.70. The van der Waals surface area contributed by atoms with Gasteiger partial charge >= 0.3 is 0 Å². The van der Waals surface area contributed by atoms with Gasteiger partial charge in [0.15, 0.2) is 0 Å². The lowest BCUT2D eigenvalue weighted by atomic mass is 10.2. The van der Waals surface area contributed by atoms with Gasteiger partial charge in [0.25, 0.3) is 0 Å². The number of rotatable bonds is 4. The van der Waals surface area contributed by atoms with E-state index in [9.17, 15) is 4.79 Å². The van der Waals surface area contributed by atoms with E-state index in [1.807, 2.05) is 32.9 Å². The zero-order chi connectivity index (χ0) is 9.40. The fourth-order valence-electron chi connectivity index (χ4n) is 0.647. The first-order valence-corrected chi connectivity index (χ1v) is 4.30. The van der Waals surface area contributed by atoms with Crippen LogP contribution >= 0.6 is 0 Å². The summed E-state index contributed by atoms with van der Waals surface area (Å²) in [7, 11) is 0. The molecule has 1 atom stereocenters. The average molecular weight is 167 g/mol. The predicted molar refractivity (Wildman–Crippen MR) is 51.8 cm³/mol. The molecule has 0 heterocycles. The Hall–Kier alpha value is -1.05. The van der Waals surface area contributed by atoms with Crippen molar-refractivity contribution in [2.75, 3.05) is 0 Å². The molecular weight excluding hydrogens is 150 g/mol. The maximum atomic E-state index is 11.1. The lowest BCUT2D eigenvalue weighted by molar-refractivity contribution is -0.117. The number of amides is 1. The third-order valence-electron chi connectivity index (χ3n) is 1.55. The van der Waals surface area contributed by atoms with Crippen LogP contribution in [0.4, 0.5) is 0 Å². The summed E-state index contributed by atoms with van der Waals surface area (Å²) in [4.78, 5) is 11.1. The van der Waals surface area contributed by atoms with Crippen LogP contribution in [-0.4, -0.2) is 11.9 Å². The molecule has 0 aliphatic heterocycles. The summed E-state index contributed by atoms with van der Waals surface area (Å²) in [6, 6.07) is 0.257. The van der Waals surface area contributed by atoms with Crippen LogP contribution in [0.2, 0.25) is 0 Å². The van der Waals surface area contributed by atoms with Crippen molar-refractivity contribution in [1.82, 2.24) is 5.32 Å². The monoisotopic (exact) mass is 167 g/mol. The molecule has 1 amide bonds. The van der Waals surface area contributed by atoms with Gasteiger partial charge in [-0.2, -0.15) is 0 Å². The third-order valence-corrected chi connectivity index (χ3v) is 1.55. The Morgan fingerprint density at radius 1 is 1.50 bits per heavy atom. The molecule has 1 N–H and O–H groups in total. The summed E-state index contributed by atoms with van der Waals surface area (Å²) in [5.74, 6) is -0.0255. The van der Waals surface area contributed by atoms with E-state index in [-0.39, 0.29) is 11.9 Å². The number of allylic oxidation sites excluding steroid dienone is 3. The summed E-state index contributed by atoms with van der Waals surface area (Å²) in [6.07, 6.45) is 7.94. The molecule has 0 rings (SSSR count). The first-order valence-electron chi connectivity index (χ1n) is 4.30. The minimum Gasteiger partial charge on any atom is -0.350 e. The van der Waals surface area contributed by atoms with Gasteiger partial charge in [-0.15, -0.1) is 0 Å². The molecule has 0 spiro atoms. The van der Waals surface area contributed by atoms with Crippen LogP contribution in [0.1, 0.15) is 27.2 Å². The second kappa shape index (κ2) is 6.65. The smallest absolute Gasteiger partial charge is 0.244 e. The second-order valence-corrected chi connectivity index (χ2v) is 2.70. The van der Waals surface area contributed by atoms with Gasteiger partial charge in [0, 0.05) is 12.1 Å². The van der Waals surface area contributed by atoms with Crippen LogP contribution in [0.3, 0.4) is 0 Å². The highest BCUT2D eigenvalue weighted by Gasteiger charge is 1.99. The van der Waals surface area contributed by atoms with Crippen LogP contribution < -0.4 is 5.32 Å². The van der Waals surface area contributed by atoms with Gasteiger partial charge in [-0.1, -0.05) is 25.2 Å². The Kier molecular flexibility index (Phi) is 6.07. The minimum absolute atomic E-state index is 0.0255. The third kappa shape index (κ3) is 5.71. The molecular formula is C10H17NO. The van der Waals surface area contributed by atoms with Crippen molar-refractivity contribution in [3.05, 3.63) is 24.3 Å². The topological polar surface area (TPSA) is 29.1 Å². The van der Waals surface area contributed by atoms with Gasteiger partial charge in [-0.25, -0.2) is 0 Å². The molecule has 0 fully saturated rings. The summed E-state index contributed by atoms with van der Waals surface area (Å²) < 4.78 is 0. The molecule has 2 nitrogen and oxygen atoms in total. The number of carbonyl (C=O) groups is 1. The Balaban J connectivity index is 3.73. The maximum Gasteiger partial charge on any atom is 0.244 e. The SMILES string of the molecule is C/C=C/C=C/C(=O)NC(C)CC. The molecule has 1 unspecified atom stereocenters. The fourth-order valence-corrected chi connectivity index (χ4v) is 0.647. The molecule has 0 bridgehead atoms. The highest BCUT2D eigenvalue weighted by atomic mass is 16.1. The van der Waals surface area contributed by atoms with Gasteiger partial charge in [0.05, 0.1) is 0 Å². The van der Waals surface area contributed by atoms with Gasteiger partial charge in [0.1, 0.15) is 0 Å². The fraction of sp³-hybridized carbons (Fsp3) is 0.500. The Labute approximate surface area is 74.4 Å². The Morgan fingerprint density at radius 2 is 2.17 bits per heavy atom. The van der Waals surface area contributed by atoms with Crippen molar-refractivity contribution in [1.29, 1.82) is 0 Å². The lowest BCUT2D eigenvalue weighted by Gasteiger charge is -2.07. The number of hydrogen-bond acceptors (Lipinski definition) is 1. The maximum absolute atomic E-state index is 11.1. The molecule has 2 heteroatoms. The van der Waals surface area contributed by atoms with E-state index in [2.05, 4.69) is 5.32 Å². The second-order valence-electron chi connectivity index (χ2n) is 2.70. The van der Waals surface area contributed by atoms with Crippen LogP contribution in [0.25, 0.3) is 0 Å². The van der Waals surface area contributed by atoms with Crippen molar-refractivity contribution < 1.29 is 4.79 Å². The van der Waals surface area contributed by atoms with Crippen LogP contribution in [0.15, 0.2) is 24.3 Å². The minimum atomic E-state index is -0.0255. The first kappa shape index (κ1) is 11.0. The van der Waals surface area contributed by atoms with E-state index in [1.165, 1.54) is 6.08 Å². The Bertz CT molecular complexity index is 182. The largest absolute Gasteiger partial charge is 0.350 e. The zero-order valence-electron chi connectivity index (χ0n) is 8.00. The molecule has 0 radical (unpaired) electrons. The van der Waals surface area contributed by atoms with E-state index in [0.29, 0.717) is 0 Å². The van der Waals surface area contributed by atoms with Crippen molar-refractivity contribution in [2.45, 2.75) is 33.2 Å². The van der Waals surface area contributed by atoms with Crippen molar-refractivity contribution in [2.24, 2.45) is 0 Å². The van der Waals surface area contributed by atoms with E-state index < -0.39 is 0 Å². The van der Waals surface area contributed by atoms with E-state index in [1.54, 1.807) is 6.08 Å². The summed E-state index contributed by atoms with van der Waals surface area (Å²) >= 11 is 0. The molecule has 68 valence electrons. The van der Waals surface area contributed by atoms with Crippen molar-refractivity contribution in [3.63, 3.8) is 0 Å². The number of hydrogen-bond donors (Lipinski definition) is 1. The molecule has 0 saturated heterocycles. The standard InChI is InChI=1S/C10H17NO/c1-4-6-7-8-10(12)11-9(3)5-2/h4,6-9H,5H2,1-3H3,(H,11,12)/b6-4+,8-7+. The van der Waals surface area contributed by atoms with E-state index >= 15 is 0 Å². The van der Waals surface area contributed by atoms with Gasteiger partial charge in [-0.3, -0.25) is 4.79 Å². The molecule has 0 aliphatic carbocycles. The number of nitrogens with one attached hydrogen (secondary N) is 1. The molecule has 0 aromatic rings. The highest BCUT2D eigenvalue weighted by Crippen LogP contribution is 1.87. The van der Waals surface area contributed by atoms with Gasteiger partial charge in [0.2, 0.25) is 5.91 Å². The summed E-state index contributed by atoms with van der Waals surface area (Å²) in [5, 5.41) is 2.83. The van der Waals surface area contributed by atoms with Crippen molar-refractivity contribution in [3.8, 4) is 0 Å². The molecule has 0 saturated carbocycles. The lowest BCUT2D eigenvalue weighted by Crippen LogP contribution is -2.30. The molecule has 0 aliphatic rings. The van der Waals surface area contributed by atoms with Crippen LogP contribution in [0.5, 0.6) is 0 Å². The van der Waals surface area contributed by atoms with Gasteiger partial charge in [-0.05, 0) is 20.3 Å². The molecule has 0 aromatic heterocycles. The average Bonchev–Trinajstić information content (AvgIpc) is 2.05. The van der Waals surface area contributed by atoms with Gasteiger partial charge < -0.3 is 5.32 Å².